The van der Waals surface area contributed by atoms with Gasteiger partial charge in [-0.25, -0.2) is 0 Å². The fraction of sp³-hybridized carbons (Fsp3) is 0.0588. The number of pyridine rings is 1. The van der Waals surface area contributed by atoms with Gasteiger partial charge in [0.2, 0.25) is 5.91 Å². The largest absolute Gasteiger partial charge is 0.324 e. The molecule has 2 aromatic heterocycles. The van der Waals surface area contributed by atoms with Crippen LogP contribution < -0.4 is 5.32 Å². The number of aromatic nitrogens is 1. The summed E-state index contributed by atoms with van der Waals surface area (Å²) in [4.78, 5) is 17.3. The molecule has 3 nitrogen and oxygen atoms in total. The van der Waals surface area contributed by atoms with Crippen LogP contribution in [0.4, 0.5) is 5.69 Å². The van der Waals surface area contributed by atoms with Crippen molar-refractivity contribution in [2.45, 2.75) is 6.42 Å². The number of thiophene rings is 1. The molecule has 0 radical (unpaired) electrons. The Bertz CT molecular complexity index is 706. The smallest absolute Gasteiger partial charge is 0.229 e. The molecular weight excluding hydrogens is 280 g/mol. The third-order valence-corrected chi connectivity index (χ3v) is 3.91. The number of benzene rings is 1. The molecule has 1 amide bonds. The van der Waals surface area contributed by atoms with Gasteiger partial charge in [-0.15, -0.1) is 11.3 Å². The number of anilines is 1. The maximum absolute atomic E-state index is 11.9. The Balaban J connectivity index is 1.66. The van der Waals surface area contributed by atoms with Crippen LogP contribution in [0.25, 0.3) is 11.3 Å². The molecular formula is C17H14N2OS. The molecule has 0 aliphatic rings. The van der Waals surface area contributed by atoms with Crippen LogP contribution >= 0.6 is 11.3 Å². The van der Waals surface area contributed by atoms with Crippen molar-refractivity contribution in [3.05, 3.63) is 71.1 Å². The summed E-state index contributed by atoms with van der Waals surface area (Å²) in [5.74, 6) is -0.0216. The molecule has 104 valence electrons. The predicted octanol–water partition coefficient (Wildman–Crippen LogP) is 3.99. The third-order valence-electron chi connectivity index (χ3n) is 3.03. The molecule has 0 fully saturated rings. The minimum absolute atomic E-state index is 0.0216. The molecule has 3 rings (SSSR count). The molecule has 3 aromatic rings. The summed E-state index contributed by atoms with van der Waals surface area (Å²) >= 11 is 1.59. The minimum atomic E-state index is -0.0216. The van der Waals surface area contributed by atoms with Crippen molar-refractivity contribution in [3.8, 4) is 11.3 Å². The highest BCUT2D eigenvalue weighted by Gasteiger charge is 2.05. The van der Waals surface area contributed by atoms with E-state index in [1.54, 1.807) is 17.5 Å². The number of hydrogen-bond acceptors (Lipinski definition) is 3. The van der Waals surface area contributed by atoms with Crippen molar-refractivity contribution in [1.29, 1.82) is 0 Å². The molecule has 0 saturated heterocycles. The molecule has 0 aliphatic carbocycles. The van der Waals surface area contributed by atoms with E-state index in [0.717, 1.165) is 21.8 Å². The van der Waals surface area contributed by atoms with Crippen LogP contribution in [0.1, 0.15) is 4.88 Å². The average Bonchev–Trinajstić information content (AvgIpc) is 3.02. The number of nitrogens with one attached hydrogen (secondary N) is 1. The molecule has 2 heterocycles. The lowest BCUT2D eigenvalue weighted by Crippen LogP contribution is -2.13. The SMILES string of the molecule is O=C(Cc1cccs1)Nc1ccc(-c2ccccc2)nc1. The van der Waals surface area contributed by atoms with E-state index in [1.807, 2.05) is 60.0 Å². The Morgan fingerprint density at radius 1 is 1.05 bits per heavy atom. The van der Waals surface area contributed by atoms with Crippen molar-refractivity contribution < 1.29 is 4.79 Å². The second-order valence-electron chi connectivity index (χ2n) is 4.60. The van der Waals surface area contributed by atoms with Gasteiger partial charge in [-0.05, 0) is 23.6 Å². The predicted molar refractivity (Wildman–Crippen MR) is 86.3 cm³/mol. The summed E-state index contributed by atoms with van der Waals surface area (Å²) in [5.41, 5.74) is 2.68. The second kappa shape index (κ2) is 6.33. The quantitative estimate of drug-likeness (QED) is 0.790. The number of rotatable bonds is 4. The molecule has 0 aliphatic heterocycles. The highest BCUT2D eigenvalue weighted by Crippen LogP contribution is 2.18. The van der Waals surface area contributed by atoms with Crippen LogP contribution in [0.2, 0.25) is 0 Å². The van der Waals surface area contributed by atoms with Crippen LogP contribution in [0.15, 0.2) is 66.2 Å². The maximum atomic E-state index is 11.9. The molecule has 21 heavy (non-hydrogen) atoms. The molecule has 4 heteroatoms. The zero-order valence-electron chi connectivity index (χ0n) is 11.3. The highest BCUT2D eigenvalue weighted by molar-refractivity contribution is 7.10. The Kier molecular flexibility index (Phi) is 4.07. The first-order chi connectivity index (χ1) is 10.3. The van der Waals surface area contributed by atoms with Gasteiger partial charge in [-0.3, -0.25) is 9.78 Å². The summed E-state index contributed by atoms with van der Waals surface area (Å²) < 4.78 is 0. The summed E-state index contributed by atoms with van der Waals surface area (Å²) in [6.07, 6.45) is 2.09. The zero-order chi connectivity index (χ0) is 14.5. The standard InChI is InChI=1S/C17H14N2OS/c20-17(11-15-7-4-10-21-15)19-14-8-9-16(18-12-14)13-5-2-1-3-6-13/h1-10,12H,11H2,(H,19,20). The van der Waals surface area contributed by atoms with Crippen LogP contribution in [0.5, 0.6) is 0 Å². The third kappa shape index (κ3) is 3.55. The zero-order valence-corrected chi connectivity index (χ0v) is 12.1. The van der Waals surface area contributed by atoms with Gasteiger partial charge in [0.25, 0.3) is 0 Å². The fourth-order valence-electron chi connectivity index (χ4n) is 2.02. The van der Waals surface area contributed by atoms with E-state index >= 15 is 0 Å². The molecule has 1 N–H and O–H groups in total. The van der Waals surface area contributed by atoms with Crippen LogP contribution in [0, 0.1) is 0 Å². The highest BCUT2D eigenvalue weighted by atomic mass is 32.1. The van der Waals surface area contributed by atoms with E-state index in [2.05, 4.69) is 10.3 Å². The number of carbonyl (C=O) groups is 1. The first-order valence-corrected chi connectivity index (χ1v) is 7.53. The van der Waals surface area contributed by atoms with Crippen LogP contribution in [0.3, 0.4) is 0 Å². The first kappa shape index (κ1) is 13.5. The average molecular weight is 294 g/mol. The number of hydrogen-bond donors (Lipinski definition) is 1. The molecule has 0 saturated carbocycles. The lowest BCUT2D eigenvalue weighted by atomic mass is 10.1. The number of amides is 1. The van der Waals surface area contributed by atoms with E-state index in [1.165, 1.54) is 0 Å². The molecule has 0 unspecified atom stereocenters. The lowest BCUT2D eigenvalue weighted by molar-refractivity contribution is -0.115. The molecule has 0 spiro atoms. The number of nitrogens with zero attached hydrogens (tertiary/aromatic N) is 1. The Labute approximate surface area is 127 Å². The van der Waals surface area contributed by atoms with E-state index in [4.69, 9.17) is 0 Å². The minimum Gasteiger partial charge on any atom is -0.324 e. The van der Waals surface area contributed by atoms with E-state index in [9.17, 15) is 4.79 Å². The Morgan fingerprint density at radius 2 is 1.90 bits per heavy atom. The van der Waals surface area contributed by atoms with Crippen molar-refractivity contribution in [2.24, 2.45) is 0 Å². The monoisotopic (exact) mass is 294 g/mol. The summed E-state index contributed by atoms with van der Waals surface area (Å²) in [6, 6.07) is 17.7. The molecule has 0 bridgehead atoms. The Hall–Kier alpha value is -2.46. The van der Waals surface area contributed by atoms with Crippen LogP contribution in [-0.2, 0) is 11.2 Å². The van der Waals surface area contributed by atoms with Crippen molar-refractivity contribution in [3.63, 3.8) is 0 Å². The summed E-state index contributed by atoms with van der Waals surface area (Å²) in [7, 11) is 0. The first-order valence-electron chi connectivity index (χ1n) is 6.65. The van der Waals surface area contributed by atoms with Gasteiger partial charge in [-0.1, -0.05) is 36.4 Å². The second-order valence-corrected chi connectivity index (χ2v) is 5.63. The van der Waals surface area contributed by atoms with E-state index in [-0.39, 0.29) is 5.91 Å². The molecule has 0 atom stereocenters. The Morgan fingerprint density at radius 3 is 2.57 bits per heavy atom. The van der Waals surface area contributed by atoms with Crippen LogP contribution in [-0.4, -0.2) is 10.9 Å². The van der Waals surface area contributed by atoms with Gasteiger partial charge in [0, 0.05) is 10.4 Å². The van der Waals surface area contributed by atoms with Gasteiger partial charge in [0.05, 0.1) is 24.0 Å². The normalized spacial score (nSPS) is 10.3. The topological polar surface area (TPSA) is 42.0 Å². The summed E-state index contributed by atoms with van der Waals surface area (Å²) in [5, 5.41) is 4.84. The summed E-state index contributed by atoms with van der Waals surface area (Å²) in [6.45, 7) is 0. The lowest BCUT2D eigenvalue weighted by Gasteiger charge is -2.05. The van der Waals surface area contributed by atoms with Gasteiger partial charge >= 0.3 is 0 Å². The molecule has 1 aromatic carbocycles. The van der Waals surface area contributed by atoms with Gasteiger partial charge in [0.1, 0.15) is 0 Å². The van der Waals surface area contributed by atoms with E-state index < -0.39 is 0 Å². The van der Waals surface area contributed by atoms with Crippen molar-refractivity contribution in [2.75, 3.05) is 5.32 Å². The van der Waals surface area contributed by atoms with E-state index in [0.29, 0.717) is 6.42 Å². The fourth-order valence-corrected chi connectivity index (χ4v) is 2.73. The van der Waals surface area contributed by atoms with Crippen molar-refractivity contribution in [1.82, 2.24) is 4.98 Å². The van der Waals surface area contributed by atoms with Crippen molar-refractivity contribution >= 4 is 22.9 Å². The van der Waals surface area contributed by atoms with Gasteiger partial charge in [-0.2, -0.15) is 0 Å². The van der Waals surface area contributed by atoms with Gasteiger partial charge in [0.15, 0.2) is 0 Å². The maximum Gasteiger partial charge on any atom is 0.229 e. The number of carbonyl (C=O) groups excluding carboxylic acids is 1. The van der Waals surface area contributed by atoms with Gasteiger partial charge < -0.3 is 5.32 Å².